The highest BCUT2D eigenvalue weighted by Gasteiger charge is 2.38. The van der Waals surface area contributed by atoms with Gasteiger partial charge in [-0.25, -0.2) is 23.9 Å². The van der Waals surface area contributed by atoms with E-state index in [1.807, 2.05) is 4.68 Å². The highest BCUT2D eigenvalue weighted by molar-refractivity contribution is 5.75. The summed E-state index contributed by atoms with van der Waals surface area (Å²) in [5.74, 6) is -4.79. The SMILES string of the molecule is Fc1ccc2nc(C3CCCCN3CCCn3cncn3)[nH]c2c1.O=C(O)C(F)(F)F.O=C(O)C(F)(F)F. The highest BCUT2D eigenvalue weighted by Crippen LogP contribution is 2.30. The number of aryl methyl sites for hydroxylation is 1. The maximum absolute atomic E-state index is 13.4. The molecule has 2 aromatic heterocycles. The Hall–Kier alpha value is -3.76. The first kappa shape index (κ1) is 30.5. The number of nitrogens with one attached hydrogen (secondary N) is 1. The molecular formula is C21H23F7N6O4. The predicted octanol–water partition coefficient (Wildman–Crippen LogP) is 4.18. The van der Waals surface area contributed by atoms with Crippen LogP contribution in [-0.4, -0.2) is 77.2 Å². The normalized spacial score (nSPS) is 16.2. The maximum atomic E-state index is 13.4. The Morgan fingerprint density at radius 3 is 2.21 bits per heavy atom. The minimum atomic E-state index is -5.08. The van der Waals surface area contributed by atoms with Gasteiger partial charge in [-0.1, -0.05) is 6.42 Å². The number of hydrogen-bond donors (Lipinski definition) is 3. The number of aromatic nitrogens is 5. The second-order valence-electron chi connectivity index (χ2n) is 7.95. The third kappa shape index (κ3) is 9.60. The maximum Gasteiger partial charge on any atom is 0.490 e. The number of carboxylic acids is 2. The number of halogens is 7. The van der Waals surface area contributed by atoms with E-state index in [1.54, 1.807) is 18.7 Å². The lowest BCUT2D eigenvalue weighted by molar-refractivity contribution is -0.193. The van der Waals surface area contributed by atoms with Gasteiger partial charge in [0.2, 0.25) is 0 Å². The molecule has 0 amide bonds. The topological polar surface area (TPSA) is 137 Å². The molecule has 3 aromatic rings. The summed E-state index contributed by atoms with van der Waals surface area (Å²) in [6.45, 7) is 2.94. The Balaban J connectivity index is 0.000000301. The van der Waals surface area contributed by atoms with Gasteiger partial charge in [-0.15, -0.1) is 0 Å². The van der Waals surface area contributed by atoms with Crippen molar-refractivity contribution in [2.45, 2.75) is 50.6 Å². The number of fused-ring (bicyclic) bond motifs is 1. The van der Waals surface area contributed by atoms with E-state index < -0.39 is 24.3 Å². The van der Waals surface area contributed by atoms with Gasteiger partial charge >= 0.3 is 24.3 Å². The molecule has 3 N–H and O–H groups in total. The van der Waals surface area contributed by atoms with E-state index in [2.05, 4.69) is 20.0 Å². The second-order valence-corrected chi connectivity index (χ2v) is 7.95. The van der Waals surface area contributed by atoms with Crippen molar-refractivity contribution >= 4 is 23.0 Å². The first-order valence-electron chi connectivity index (χ1n) is 11.0. The number of H-pyrrole nitrogens is 1. The number of alkyl halides is 6. The molecule has 1 atom stereocenters. The molecule has 0 spiro atoms. The standard InChI is InChI=1S/C17H21FN6.2C2HF3O2/c18-13-5-6-14-15(10-13)22-17(21-14)16-4-1-2-7-23(16)8-3-9-24-12-19-11-20-24;2*3-2(4,5)1(6)7/h5-6,10-12,16H,1-4,7-9H2,(H,21,22);2*(H,6,7). The van der Waals surface area contributed by atoms with Crippen molar-refractivity contribution in [2.75, 3.05) is 13.1 Å². The molecule has 1 aliphatic rings. The summed E-state index contributed by atoms with van der Waals surface area (Å²) < 4.78 is 78.7. The molecule has 1 fully saturated rings. The van der Waals surface area contributed by atoms with E-state index in [4.69, 9.17) is 24.8 Å². The second kappa shape index (κ2) is 13.2. The molecule has 10 nitrogen and oxygen atoms in total. The fourth-order valence-corrected chi connectivity index (χ4v) is 3.51. The Morgan fingerprint density at radius 1 is 1.03 bits per heavy atom. The molecule has 1 aromatic carbocycles. The molecule has 1 aliphatic heterocycles. The number of aliphatic carboxylic acids is 2. The fraction of sp³-hybridized carbons (Fsp3) is 0.476. The van der Waals surface area contributed by atoms with Crippen LogP contribution in [0.4, 0.5) is 30.7 Å². The number of rotatable bonds is 5. The van der Waals surface area contributed by atoms with Crippen molar-refractivity contribution in [2.24, 2.45) is 0 Å². The van der Waals surface area contributed by atoms with E-state index in [0.29, 0.717) is 0 Å². The number of likely N-dealkylation sites (tertiary alicyclic amines) is 1. The first-order chi connectivity index (χ1) is 17.7. The minimum absolute atomic E-state index is 0.231. The highest BCUT2D eigenvalue weighted by atomic mass is 19.4. The Bertz CT molecular complexity index is 1160. The van der Waals surface area contributed by atoms with Crippen LogP contribution in [0.3, 0.4) is 0 Å². The van der Waals surface area contributed by atoms with Gasteiger partial charge in [-0.2, -0.15) is 31.4 Å². The monoisotopic (exact) mass is 556 g/mol. The number of carboxylic acid groups (broad SMARTS) is 2. The van der Waals surface area contributed by atoms with Gasteiger partial charge < -0.3 is 15.2 Å². The smallest absolute Gasteiger partial charge is 0.475 e. The van der Waals surface area contributed by atoms with Gasteiger partial charge in [0.05, 0.1) is 17.1 Å². The van der Waals surface area contributed by atoms with E-state index >= 15 is 0 Å². The number of nitrogens with zero attached hydrogens (tertiary/aromatic N) is 5. The van der Waals surface area contributed by atoms with Crippen LogP contribution in [0.1, 0.15) is 37.5 Å². The van der Waals surface area contributed by atoms with Gasteiger partial charge in [0, 0.05) is 13.1 Å². The number of carbonyl (C=O) groups is 2. The van der Waals surface area contributed by atoms with Crippen molar-refractivity contribution in [1.29, 1.82) is 0 Å². The molecule has 0 bridgehead atoms. The summed E-state index contributed by atoms with van der Waals surface area (Å²) in [7, 11) is 0. The van der Waals surface area contributed by atoms with E-state index in [9.17, 15) is 30.7 Å². The van der Waals surface area contributed by atoms with Gasteiger partial charge in [-0.3, -0.25) is 9.58 Å². The van der Waals surface area contributed by atoms with Crippen LogP contribution in [0.5, 0.6) is 0 Å². The summed E-state index contributed by atoms with van der Waals surface area (Å²) in [5, 5.41) is 18.4. The summed E-state index contributed by atoms with van der Waals surface area (Å²) in [6.07, 6.45) is -2.32. The molecule has 38 heavy (non-hydrogen) atoms. The van der Waals surface area contributed by atoms with Crippen LogP contribution in [0.25, 0.3) is 11.0 Å². The molecule has 210 valence electrons. The average molecular weight is 556 g/mol. The summed E-state index contributed by atoms with van der Waals surface area (Å²) >= 11 is 0. The zero-order chi connectivity index (χ0) is 28.5. The van der Waals surface area contributed by atoms with Crippen molar-refractivity contribution in [3.63, 3.8) is 0 Å². The molecule has 17 heteroatoms. The molecule has 0 radical (unpaired) electrons. The van der Waals surface area contributed by atoms with Crippen molar-refractivity contribution < 1.29 is 50.5 Å². The summed E-state index contributed by atoms with van der Waals surface area (Å²) in [6, 6.07) is 5.00. The van der Waals surface area contributed by atoms with E-state index in [1.165, 1.54) is 25.0 Å². The lowest BCUT2D eigenvalue weighted by atomic mass is 10.0. The largest absolute Gasteiger partial charge is 0.490 e. The first-order valence-corrected chi connectivity index (χ1v) is 11.0. The van der Waals surface area contributed by atoms with Crippen LogP contribution in [0, 0.1) is 5.82 Å². The van der Waals surface area contributed by atoms with E-state index in [0.717, 1.165) is 49.3 Å². The number of hydrogen-bond acceptors (Lipinski definition) is 6. The lowest BCUT2D eigenvalue weighted by Crippen LogP contribution is -2.35. The summed E-state index contributed by atoms with van der Waals surface area (Å²) in [5.41, 5.74) is 1.61. The zero-order valence-electron chi connectivity index (χ0n) is 19.5. The molecule has 1 saturated heterocycles. The number of aromatic amines is 1. The average Bonchev–Trinajstić information content (AvgIpc) is 3.48. The van der Waals surface area contributed by atoms with Crippen molar-refractivity contribution in [3.05, 3.63) is 42.5 Å². The van der Waals surface area contributed by atoms with Crippen LogP contribution in [0.2, 0.25) is 0 Å². The molecule has 1 unspecified atom stereocenters. The zero-order valence-corrected chi connectivity index (χ0v) is 19.5. The van der Waals surface area contributed by atoms with Crippen LogP contribution < -0.4 is 0 Å². The predicted molar refractivity (Wildman–Crippen MR) is 116 cm³/mol. The number of imidazole rings is 1. The van der Waals surface area contributed by atoms with Gasteiger partial charge in [0.15, 0.2) is 0 Å². The van der Waals surface area contributed by atoms with Crippen LogP contribution in [0.15, 0.2) is 30.9 Å². The minimum Gasteiger partial charge on any atom is -0.475 e. The Kier molecular flexibility index (Phi) is 10.5. The van der Waals surface area contributed by atoms with Gasteiger partial charge in [0.25, 0.3) is 0 Å². The fourth-order valence-electron chi connectivity index (χ4n) is 3.51. The van der Waals surface area contributed by atoms with Gasteiger partial charge in [-0.05, 0) is 44.0 Å². The number of benzene rings is 1. The van der Waals surface area contributed by atoms with E-state index in [-0.39, 0.29) is 11.9 Å². The summed E-state index contributed by atoms with van der Waals surface area (Å²) in [4.78, 5) is 32.3. The Morgan fingerprint density at radius 2 is 1.66 bits per heavy atom. The molecular weight excluding hydrogens is 533 g/mol. The van der Waals surface area contributed by atoms with Crippen LogP contribution >= 0.6 is 0 Å². The molecule has 0 saturated carbocycles. The molecule has 4 rings (SSSR count). The molecule has 0 aliphatic carbocycles. The third-order valence-electron chi connectivity index (χ3n) is 5.18. The van der Waals surface area contributed by atoms with Gasteiger partial charge in [0.1, 0.15) is 24.3 Å². The quantitative estimate of drug-likeness (QED) is 0.398. The lowest BCUT2D eigenvalue weighted by Gasteiger charge is -2.34. The molecule has 3 heterocycles. The van der Waals surface area contributed by atoms with Crippen LogP contribution in [-0.2, 0) is 16.1 Å². The Labute approximate surface area is 210 Å². The number of piperidine rings is 1. The van der Waals surface area contributed by atoms with Crippen molar-refractivity contribution in [3.8, 4) is 0 Å². The third-order valence-corrected chi connectivity index (χ3v) is 5.18. The van der Waals surface area contributed by atoms with Crippen molar-refractivity contribution in [1.82, 2.24) is 29.6 Å².